The number of carboxylic acids is 1. The summed E-state index contributed by atoms with van der Waals surface area (Å²) in [5.41, 5.74) is -1.24. The van der Waals surface area contributed by atoms with E-state index in [0.717, 1.165) is 0 Å². The van der Waals surface area contributed by atoms with Crippen molar-refractivity contribution < 1.29 is 19.4 Å². The van der Waals surface area contributed by atoms with E-state index in [1.54, 1.807) is 13.8 Å². The van der Waals surface area contributed by atoms with Gasteiger partial charge in [0.2, 0.25) is 0 Å². The fourth-order valence-corrected chi connectivity index (χ4v) is 2.05. The maximum atomic E-state index is 12.2. The Bertz CT molecular complexity index is 541. The van der Waals surface area contributed by atoms with Gasteiger partial charge in [0.15, 0.2) is 0 Å². The molecule has 0 radical (unpaired) electrons. The van der Waals surface area contributed by atoms with Gasteiger partial charge in [-0.3, -0.25) is 4.79 Å². The molecular formula is C13H15Cl2NO4. The van der Waals surface area contributed by atoms with E-state index >= 15 is 0 Å². The van der Waals surface area contributed by atoms with E-state index < -0.39 is 17.5 Å². The highest BCUT2D eigenvalue weighted by molar-refractivity contribution is 6.37. The van der Waals surface area contributed by atoms with E-state index in [2.05, 4.69) is 5.32 Å². The van der Waals surface area contributed by atoms with E-state index in [1.807, 2.05) is 0 Å². The predicted octanol–water partition coefficient (Wildman–Crippen LogP) is 3.45. The number of rotatable bonds is 5. The average molecular weight is 320 g/mol. The zero-order chi connectivity index (χ0) is 15.5. The first-order chi connectivity index (χ1) is 9.25. The summed E-state index contributed by atoms with van der Waals surface area (Å²) < 4.78 is 5.16. The van der Waals surface area contributed by atoms with Gasteiger partial charge in [-0.05, 0) is 25.5 Å². The Morgan fingerprint density at radius 2 is 2.00 bits per heavy atom. The van der Waals surface area contributed by atoms with Crippen molar-refractivity contribution in [3.05, 3.63) is 27.7 Å². The summed E-state index contributed by atoms with van der Waals surface area (Å²) in [5, 5.41) is 11.9. The number of halogens is 2. The lowest BCUT2D eigenvalue weighted by Gasteiger charge is -2.25. The second-order valence-electron chi connectivity index (χ2n) is 4.36. The molecule has 20 heavy (non-hydrogen) atoms. The molecular weight excluding hydrogens is 305 g/mol. The number of hydrogen-bond donors (Lipinski definition) is 2. The molecule has 0 bridgehead atoms. The Balaban J connectivity index is 3.22. The summed E-state index contributed by atoms with van der Waals surface area (Å²) >= 11 is 11.7. The highest BCUT2D eigenvalue weighted by Gasteiger charge is 2.32. The molecule has 2 N–H and O–H groups in total. The van der Waals surface area contributed by atoms with Crippen LogP contribution >= 0.6 is 23.2 Å². The molecule has 0 aliphatic heterocycles. The lowest BCUT2D eigenvalue weighted by molar-refractivity contribution is -0.136. The van der Waals surface area contributed by atoms with Crippen molar-refractivity contribution in [1.29, 1.82) is 0 Å². The maximum absolute atomic E-state index is 12.2. The number of methoxy groups -OCH3 is 1. The summed E-state index contributed by atoms with van der Waals surface area (Å²) in [4.78, 5) is 23.4. The van der Waals surface area contributed by atoms with Crippen LogP contribution < -0.4 is 5.32 Å². The second kappa shape index (κ2) is 6.43. The van der Waals surface area contributed by atoms with Gasteiger partial charge < -0.3 is 15.2 Å². The van der Waals surface area contributed by atoms with Crippen LogP contribution in [0.5, 0.6) is 0 Å². The summed E-state index contributed by atoms with van der Waals surface area (Å²) in [6, 6.07) is 2.59. The second-order valence-corrected chi connectivity index (χ2v) is 5.20. The molecule has 7 heteroatoms. The maximum Gasteiger partial charge on any atom is 0.337 e. The first kappa shape index (κ1) is 16.8. The summed E-state index contributed by atoms with van der Waals surface area (Å²) in [7, 11) is 1.41. The van der Waals surface area contributed by atoms with E-state index in [4.69, 9.17) is 33.0 Å². The van der Waals surface area contributed by atoms with E-state index in [1.165, 1.54) is 19.2 Å². The van der Waals surface area contributed by atoms with Crippen LogP contribution in [0.3, 0.4) is 0 Å². The lowest BCUT2D eigenvalue weighted by Crippen LogP contribution is -2.41. The predicted molar refractivity (Wildman–Crippen MR) is 77.8 cm³/mol. The van der Waals surface area contributed by atoms with Crippen molar-refractivity contribution in [2.75, 3.05) is 12.4 Å². The summed E-state index contributed by atoms with van der Waals surface area (Å²) in [6.07, 6.45) is 0.420. The molecule has 1 aromatic carbocycles. The summed E-state index contributed by atoms with van der Waals surface area (Å²) in [6.45, 7) is 3.39. The van der Waals surface area contributed by atoms with Crippen LogP contribution in [0.1, 0.15) is 30.6 Å². The smallest absolute Gasteiger partial charge is 0.337 e. The highest BCUT2D eigenvalue weighted by atomic mass is 35.5. The van der Waals surface area contributed by atoms with Crippen molar-refractivity contribution >= 4 is 40.8 Å². The van der Waals surface area contributed by atoms with Crippen LogP contribution in [0.15, 0.2) is 12.1 Å². The van der Waals surface area contributed by atoms with Crippen molar-refractivity contribution in [2.24, 2.45) is 0 Å². The van der Waals surface area contributed by atoms with Crippen molar-refractivity contribution in [3.63, 3.8) is 0 Å². The molecule has 0 aromatic heterocycles. The number of nitrogens with one attached hydrogen (secondary N) is 1. The minimum atomic E-state index is -1.24. The van der Waals surface area contributed by atoms with E-state index in [0.29, 0.717) is 6.42 Å². The number of carbonyl (C=O) groups excluding carboxylic acids is 1. The number of carbonyl (C=O) groups is 2. The zero-order valence-electron chi connectivity index (χ0n) is 11.3. The molecule has 0 saturated heterocycles. The Morgan fingerprint density at radius 3 is 2.45 bits per heavy atom. The Hall–Kier alpha value is -1.30. The number of benzene rings is 1. The van der Waals surface area contributed by atoms with Gasteiger partial charge in [-0.1, -0.05) is 30.1 Å². The molecule has 0 aliphatic carbocycles. The van der Waals surface area contributed by atoms with Gasteiger partial charge in [0.25, 0.3) is 5.91 Å². The summed E-state index contributed by atoms with van der Waals surface area (Å²) in [5.74, 6) is -1.71. The Morgan fingerprint density at radius 1 is 1.40 bits per heavy atom. The third kappa shape index (κ3) is 3.42. The Kier molecular flexibility index (Phi) is 5.39. The normalized spacial score (nSPS) is 13.7. The molecule has 0 fully saturated rings. The van der Waals surface area contributed by atoms with Crippen molar-refractivity contribution in [2.45, 2.75) is 25.9 Å². The number of aromatic carboxylic acids is 1. The first-order valence-corrected chi connectivity index (χ1v) is 6.59. The molecule has 0 saturated carbocycles. The van der Waals surface area contributed by atoms with Crippen LogP contribution in [-0.2, 0) is 9.53 Å². The largest absolute Gasteiger partial charge is 0.478 e. The van der Waals surface area contributed by atoms with Crippen LogP contribution in [0.2, 0.25) is 10.0 Å². The van der Waals surface area contributed by atoms with Gasteiger partial charge in [-0.25, -0.2) is 4.79 Å². The minimum Gasteiger partial charge on any atom is -0.478 e. The SMILES string of the molecule is CCC(C)(OC)C(=O)Nc1c(Cl)cc(Cl)cc1C(=O)O. The molecule has 0 aliphatic rings. The first-order valence-electron chi connectivity index (χ1n) is 5.84. The molecule has 1 rings (SSSR count). The van der Waals surface area contributed by atoms with Crippen LogP contribution in [0.4, 0.5) is 5.69 Å². The molecule has 1 amide bonds. The number of amides is 1. The van der Waals surface area contributed by atoms with Crippen molar-refractivity contribution in [1.82, 2.24) is 0 Å². The van der Waals surface area contributed by atoms with Crippen LogP contribution in [0.25, 0.3) is 0 Å². The quantitative estimate of drug-likeness (QED) is 0.871. The van der Waals surface area contributed by atoms with Crippen molar-refractivity contribution in [3.8, 4) is 0 Å². The zero-order valence-corrected chi connectivity index (χ0v) is 12.8. The van der Waals surface area contributed by atoms with Gasteiger partial charge in [-0.2, -0.15) is 0 Å². The molecule has 110 valence electrons. The molecule has 0 heterocycles. The monoisotopic (exact) mass is 319 g/mol. The molecule has 1 atom stereocenters. The fourth-order valence-electron chi connectivity index (χ4n) is 1.51. The molecule has 5 nitrogen and oxygen atoms in total. The third-order valence-electron chi connectivity index (χ3n) is 3.13. The molecule has 1 aromatic rings. The lowest BCUT2D eigenvalue weighted by atomic mass is 10.0. The highest BCUT2D eigenvalue weighted by Crippen LogP contribution is 2.31. The van der Waals surface area contributed by atoms with Gasteiger partial charge in [0.05, 0.1) is 16.3 Å². The number of anilines is 1. The topological polar surface area (TPSA) is 75.6 Å². The third-order valence-corrected chi connectivity index (χ3v) is 3.65. The minimum absolute atomic E-state index is 0.00490. The number of ether oxygens (including phenoxy) is 1. The number of hydrogen-bond acceptors (Lipinski definition) is 3. The van der Waals surface area contributed by atoms with Gasteiger partial charge in [0.1, 0.15) is 5.60 Å². The average Bonchev–Trinajstić information content (AvgIpc) is 2.39. The number of carboxylic acid groups (broad SMARTS) is 1. The van der Waals surface area contributed by atoms with Crippen LogP contribution in [-0.4, -0.2) is 29.7 Å². The van der Waals surface area contributed by atoms with E-state index in [-0.39, 0.29) is 21.3 Å². The standard InChI is InChI=1S/C13H15Cl2NO4/c1-4-13(2,20-3)12(19)16-10-8(11(17)18)5-7(14)6-9(10)15/h5-6H,4H2,1-3H3,(H,16,19)(H,17,18). The van der Waals surface area contributed by atoms with Gasteiger partial charge >= 0.3 is 5.97 Å². The molecule has 0 spiro atoms. The Labute approximate surface area is 126 Å². The fraction of sp³-hybridized carbons (Fsp3) is 0.385. The molecule has 1 unspecified atom stereocenters. The van der Waals surface area contributed by atoms with Gasteiger partial charge in [-0.15, -0.1) is 0 Å². The van der Waals surface area contributed by atoms with Crippen LogP contribution in [0, 0.1) is 0 Å². The van der Waals surface area contributed by atoms with E-state index in [9.17, 15) is 9.59 Å². The van der Waals surface area contributed by atoms with Gasteiger partial charge in [0, 0.05) is 12.1 Å².